The Balaban J connectivity index is 1.52. The van der Waals surface area contributed by atoms with Gasteiger partial charge in [-0.1, -0.05) is 12.1 Å². The number of benzene rings is 1. The van der Waals surface area contributed by atoms with Gasteiger partial charge in [-0.05, 0) is 54.9 Å². The fourth-order valence-corrected chi connectivity index (χ4v) is 4.09. The van der Waals surface area contributed by atoms with E-state index in [2.05, 4.69) is 20.8 Å². The summed E-state index contributed by atoms with van der Waals surface area (Å²) in [4.78, 5) is 38.2. The highest BCUT2D eigenvalue weighted by Crippen LogP contribution is 2.41. The molecule has 0 unspecified atom stereocenters. The van der Waals surface area contributed by atoms with Gasteiger partial charge in [0.2, 0.25) is 17.7 Å². The quantitative estimate of drug-likeness (QED) is 0.626. The molecule has 0 radical (unpaired) electrons. The molecule has 2 atom stereocenters. The van der Waals surface area contributed by atoms with Crippen molar-refractivity contribution in [3.63, 3.8) is 0 Å². The summed E-state index contributed by atoms with van der Waals surface area (Å²) in [5.41, 5.74) is 1.94. The first kappa shape index (κ1) is 21.0. The van der Waals surface area contributed by atoms with Crippen LogP contribution in [0.5, 0.6) is 0 Å². The van der Waals surface area contributed by atoms with Crippen molar-refractivity contribution in [2.24, 2.45) is 0 Å². The summed E-state index contributed by atoms with van der Waals surface area (Å²) in [6, 6.07) is 5.56. The van der Waals surface area contributed by atoms with Gasteiger partial charge in [-0.3, -0.25) is 19.5 Å². The van der Waals surface area contributed by atoms with Crippen molar-refractivity contribution in [3.8, 4) is 0 Å². The third-order valence-corrected chi connectivity index (χ3v) is 5.86. The van der Waals surface area contributed by atoms with Crippen LogP contribution in [0.15, 0.2) is 30.5 Å². The van der Waals surface area contributed by atoms with Crippen LogP contribution in [0.3, 0.4) is 0 Å². The van der Waals surface area contributed by atoms with Gasteiger partial charge in [-0.25, -0.2) is 4.39 Å². The number of hydrogen-bond donors (Lipinski definition) is 3. The van der Waals surface area contributed by atoms with E-state index in [1.807, 2.05) is 6.07 Å². The van der Waals surface area contributed by atoms with Gasteiger partial charge < -0.3 is 15.5 Å². The number of H-pyrrole nitrogens is 1. The molecule has 1 aromatic heterocycles. The van der Waals surface area contributed by atoms with E-state index in [1.54, 1.807) is 18.3 Å². The van der Waals surface area contributed by atoms with Gasteiger partial charge in [-0.15, -0.1) is 0 Å². The number of hydrogen-bond acceptors (Lipinski definition) is 4. The number of aromatic nitrogens is 2. The highest BCUT2D eigenvalue weighted by molar-refractivity contribution is 5.90. The lowest BCUT2D eigenvalue weighted by Gasteiger charge is -2.26. The maximum absolute atomic E-state index is 14.7. The number of aromatic amines is 1. The van der Waals surface area contributed by atoms with Crippen LogP contribution in [0, 0.1) is 5.82 Å². The third-order valence-electron chi connectivity index (χ3n) is 5.86. The zero-order valence-electron chi connectivity index (χ0n) is 17.4. The van der Waals surface area contributed by atoms with Gasteiger partial charge in [-0.2, -0.15) is 5.10 Å². The van der Waals surface area contributed by atoms with Gasteiger partial charge in [0.15, 0.2) is 0 Å². The van der Waals surface area contributed by atoms with E-state index in [9.17, 15) is 18.8 Å². The van der Waals surface area contributed by atoms with Crippen molar-refractivity contribution in [2.45, 2.75) is 50.6 Å². The van der Waals surface area contributed by atoms with Gasteiger partial charge in [0.1, 0.15) is 11.9 Å². The first-order chi connectivity index (χ1) is 14.9. The summed E-state index contributed by atoms with van der Waals surface area (Å²) < 4.78 is 14.7. The topological polar surface area (TPSA) is 107 Å². The van der Waals surface area contributed by atoms with E-state index >= 15 is 0 Å². The first-order valence-corrected chi connectivity index (χ1v) is 10.6. The van der Waals surface area contributed by atoms with Crippen LogP contribution in [-0.2, 0) is 14.4 Å². The second kappa shape index (κ2) is 8.87. The maximum atomic E-state index is 14.7. The molecular weight excluding hydrogens is 401 g/mol. The normalized spacial score (nSPS) is 19.2. The fourth-order valence-electron chi connectivity index (χ4n) is 4.09. The molecule has 1 saturated carbocycles. The van der Waals surface area contributed by atoms with Crippen molar-refractivity contribution in [2.75, 3.05) is 13.1 Å². The van der Waals surface area contributed by atoms with Crippen molar-refractivity contribution < 1.29 is 18.8 Å². The molecule has 2 aromatic rings. The molecule has 8 nitrogen and oxygen atoms in total. The smallest absolute Gasteiger partial charge is 0.243 e. The van der Waals surface area contributed by atoms with Crippen molar-refractivity contribution in [1.82, 2.24) is 25.7 Å². The van der Waals surface area contributed by atoms with Crippen molar-refractivity contribution in [3.05, 3.63) is 53.1 Å². The van der Waals surface area contributed by atoms with E-state index in [1.165, 1.54) is 17.9 Å². The third kappa shape index (κ3) is 4.76. The van der Waals surface area contributed by atoms with Gasteiger partial charge in [0.25, 0.3) is 0 Å². The standard InChI is InChI=1S/C22H26FN5O3/c1-13(29)24-12-20(30)28-10-2-3-19(28)22(31)26-21(18-8-9-25-27-18)15-6-7-16(14-4-5-14)17(23)11-15/h6-9,11,14,19,21H,2-5,10,12H2,1H3,(H,24,29)(H,25,27)(H,26,31)/t19-,21+/m0/s1. The summed E-state index contributed by atoms with van der Waals surface area (Å²) in [5, 5.41) is 12.3. The van der Waals surface area contributed by atoms with Crippen LogP contribution in [0.2, 0.25) is 0 Å². The largest absolute Gasteiger partial charge is 0.347 e. The van der Waals surface area contributed by atoms with Gasteiger partial charge >= 0.3 is 0 Å². The molecule has 164 valence electrons. The van der Waals surface area contributed by atoms with Crippen LogP contribution in [-0.4, -0.2) is 52.0 Å². The van der Waals surface area contributed by atoms with Crippen molar-refractivity contribution >= 4 is 17.7 Å². The summed E-state index contributed by atoms with van der Waals surface area (Å²) in [5.74, 6) is -0.905. The number of nitrogens with zero attached hydrogens (tertiary/aromatic N) is 2. The predicted octanol–water partition coefficient (Wildman–Crippen LogP) is 1.76. The molecule has 3 N–H and O–H groups in total. The second-order valence-electron chi connectivity index (χ2n) is 8.16. The number of carbonyl (C=O) groups is 3. The minimum absolute atomic E-state index is 0.142. The average Bonchev–Trinajstić information content (AvgIpc) is 3.23. The number of carbonyl (C=O) groups excluding carboxylic acids is 3. The maximum Gasteiger partial charge on any atom is 0.243 e. The van der Waals surface area contributed by atoms with Crippen LogP contribution >= 0.6 is 0 Å². The lowest BCUT2D eigenvalue weighted by Crippen LogP contribution is -2.49. The SMILES string of the molecule is CC(=O)NCC(=O)N1CCC[C@H]1C(=O)N[C@H](c1ccc(C2CC2)c(F)c1)c1ccn[nH]1. The number of likely N-dealkylation sites (tertiary alicyclic amines) is 1. The summed E-state index contributed by atoms with van der Waals surface area (Å²) in [6.07, 6.45) is 4.80. The molecular formula is C22H26FN5O3. The van der Waals surface area contributed by atoms with E-state index in [-0.39, 0.29) is 36.0 Å². The monoisotopic (exact) mass is 427 g/mol. The number of rotatable bonds is 7. The summed E-state index contributed by atoms with van der Waals surface area (Å²) in [7, 11) is 0. The van der Waals surface area contributed by atoms with Crippen molar-refractivity contribution in [1.29, 1.82) is 0 Å². The minimum atomic E-state index is -0.637. The lowest BCUT2D eigenvalue weighted by atomic mass is 9.99. The van der Waals surface area contributed by atoms with Crippen LogP contribution in [0.1, 0.15) is 61.4 Å². The fraction of sp³-hybridized carbons (Fsp3) is 0.455. The summed E-state index contributed by atoms with van der Waals surface area (Å²) in [6.45, 7) is 1.65. The lowest BCUT2D eigenvalue weighted by molar-refractivity contribution is -0.138. The molecule has 1 aliphatic heterocycles. The predicted molar refractivity (Wildman–Crippen MR) is 110 cm³/mol. The molecule has 1 aromatic carbocycles. The molecule has 4 rings (SSSR count). The van der Waals surface area contributed by atoms with Crippen LogP contribution in [0.4, 0.5) is 4.39 Å². The zero-order chi connectivity index (χ0) is 22.0. The number of amides is 3. The highest BCUT2D eigenvalue weighted by Gasteiger charge is 2.35. The van der Waals surface area contributed by atoms with Crippen LogP contribution in [0.25, 0.3) is 0 Å². The molecule has 1 aliphatic carbocycles. The van der Waals surface area contributed by atoms with E-state index in [0.29, 0.717) is 36.2 Å². The van der Waals surface area contributed by atoms with E-state index < -0.39 is 12.1 Å². The average molecular weight is 427 g/mol. The van der Waals surface area contributed by atoms with E-state index in [4.69, 9.17) is 0 Å². The molecule has 2 heterocycles. The Bertz CT molecular complexity index is 974. The molecule has 3 amide bonds. The molecule has 0 spiro atoms. The Morgan fingerprint density at radius 1 is 1.26 bits per heavy atom. The highest BCUT2D eigenvalue weighted by atomic mass is 19.1. The second-order valence-corrected chi connectivity index (χ2v) is 8.16. The molecule has 0 bridgehead atoms. The Morgan fingerprint density at radius 3 is 2.71 bits per heavy atom. The van der Waals surface area contributed by atoms with E-state index in [0.717, 1.165) is 12.8 Å². The molecule has 1 saturated heterocycles. The Morgan fingerprint density at radius 2 is 2.06 bits per heavy atom. The zero-order valence-corrected chi connectivity index (χ0v) is 17.4. The number of halogens is 1. The number of nitrogens with one attached hydrogen (secondary N) is 3. The molecule has 31 heavy (non-hydrogen) atoms. The molecule has 2 fully saturated rings. The van der Waals surface area contributed by atoms with Gasteiger partial charge in [0.05, 0.1) is 18.3 Å². The molecule has 9 heteroatoms. The minimum Gasteiger partial charge on any atom is -0.347 e. The Kier molecular flexibility index (Phi) is 6.01. The van der Waals surface area contributed by atoms with Gasteiger partial charge in [0, 0.05) is 19.7 Å². The first-order valence-electron chi connectivity index (χ1n) is 10.6. The Hall–Kier alpha value is -3.23. The Labute approximate surface area is 179 Å². The van der Waals surface area contributed by atoms with Crippen LogP contribution < -0.4 is 10.6 Å². The summed E-state index contributed by atoms with van der Waals surface area (Å²) >= 11 is 0. The molecule has 2 aliphatic rings.